The lowest BCUT2D eigenvalue weighted by molar-refractivity contribution is 0.265. The summed E-state index contributed by atoms with van der Waals surface area (Å²) in [7, 11) is 0. The molecule has 1 saturated carbocycles. The average molecular weight is 232 g/mol. The number of halogens is 1. The third-order valence-electron chi connectivity index (χ3n) is 4.01. The minimum atomic E-state index is -0.197. The van der Waals surface area contributed by atoms with Crippen molar-refractivity contribution in [1.29, 1.82) is 0 Å². The molecule has 0 bridgehead atoms. The number of aryl methyl sites for hydroxylation is 1. The number of hydrogen-bond acceptors (Lipinski definition) is 1. The van der Waals surface area contributed by atoms with Gasteiger partial charge in [0.05, 0.1) is 5.52 Å². The fraction of sp³-hybridized carbons (Fsp3) is 0.429. The van der Waals surface area contributed by atoms with E-state index in [-0.39, 0.29) is 11.9 Å². The summed E-state index contributed by atoms with van der Waals surface area (Å²) in [4.78, 5) is 3.12. The van der Waals surface area contributed by atoms with Gasteiger partial charge in [0.15, 0.2) is 0 Å². The summed E-state index contributed by atoms with van der Waals surface area (Å²) < 4.78 is 13.7. The van der Waals surface area contributed by atoms with Crippen LogP contribution in [0.15, 0.2) is 18.2 Å². The summed E-state index contributed by atoms with van der Waals surface area (Å²) in [5.74, 6) is 0.369. The molecule has 1 aromatic heterocycles. The normalized spacial score (nSPS) is 18.3. The van der Waals surface area contributed by atoms with Crippen LogP contribution >= 0.6 is 0 Å². The van der Waals surface area contributed by atoms with Crippen molar-refractivity contribution >= 4 is 10.9 Å². The number of hydrogen-bond donors (Lipinski definition) is 2. The van der Waals surface area contributed by atoms with Crippen molar-refractivity contribution in [3.63, 3.8) is 0 Å². The zero-order chi connectivity index (χ0) is 12.0. The Balaban J connectivity index is 2.14. The molecule has 0 saturated heterocycles. The molecule has 3 N–H and O–H groups in total. The van der Waals surface area contributed by atoms with Crippen LogP contribution in [0, 0.1) is 18.7 Å². The Morgan fingerprint density at radius 2 is 2.18 bits per heavy atom. The van der Waals surface area contributed by atoms with Gasteiger partial charge in [-0.1, -0.05) is 18.6 Å². The van der Waals surface area contributed by atoms with Crippen molar-refractivity contribution in [2.45, 2.75) is 32.2 Å². The maximum Gasteiger partial charge on any atom is 0.147 e. The molecule has 1 atom stereocenters. The van der Waals surface area contributed by atoms with Crippen LogP contribution in [-0.4, -0.2) is 4.98 Å². The van der Waals surface area contributed by atoms with Crippen molar-refractivity contribution in [3.05, 3.63) is 35.3 Å². The molecule has 0 aliphatic heterocycles. The van der Waals surface area contributed by atoms with Crippen LogP contribution in [0.2, 0.25) is 0 Å². The largest absolute Gasteiger partial charge is 0.356 e. The second-order valence-corrected chi connectivity index (χ2v) is 5.04. The summed E-state index contributed by atoms with van der Waals surface area (Å²) in [6, 6.07) is 5.23. The van der Waals surface area contributed by atoms with E-state index in [1.807, 2.05) is 13.0 Å². The number of nitrogens with two attached hydrogens (primary N) is 1. The van der Waals surface area contributed by atoms with Gasteiger partial charge >= 0.3 is 0 Å². The fourth-order valence-corrected chi connectivity index (χ4v) is 2.80. The van der Waals surface area contributed by atoms with Crippen molar-refractivity contribution in [2.24, 2.45) is 11.7 Å². The first-order valence-electron chi connectivity index (χ1n) is 6.20. The quantitative estimate of drug-likeness (QED) is 0.818. The Kier molecular flexibility index (Phi) is 2.44. The Morgan fingerprint density at radius 1 is 1.41 bits per heavy atom. The standard InChI is InChI=1S/C14H17FN2/c1-8-12(13(16)9-4-2-5-9)10-6-3-7-11(15)14(10)17-8/h3,6-7,9,13,17H,2,4-5,16H2,1H3. The molecule has 3 rings (SSSR count). The summed E-state index contributed by atoms with van der Waals surface area (Å²) in [5.41, 5.74) is 9.02. The summed E-state index contributed by atoms with van der Waals surface area (Å²) >= 11 is 0. The molecule has 3 heteroatoms. The maximum absolute atomic E-state index is 13.7. The van der Waals surface area contributed by atoms with E-state index in [4.69, 9.17) is 5.73 Å². The van der Waals surface area contributed by atoms with Gasteiger partial charge in [0.25, 0.3) is 0 Å². The number of nitrogens with one attached hydrogen (secondary N) is 1. The molecular formula is C14H17FN2. The topological polar surface area (TPSA) is 41.8 Å². The Bertz CT molecular complexity index is 555. The first-order valence-corrected chi connectivity index (χ1v) is 6.20. The second-order valence-electron chi connectivity index (χ2n) is 5.04. The van der Waals surface area contributed by atoms with Gasteiger partial charge in [-0.2, -0.15) is 0 Å². The smallest absolute Gasteiger partial charge is 0.147 e. The Labute approximate surface area is 100 Å². The van der Waals surface area contributed by atoms with Crippen molar-refractivity contribution in [3.8, 4) is 0 Å². The number of aromatic nitrogens is 1. The third kappa shape index (κ3) is 1.57. The van der Waals surface area contributed by atoms with E-state index in [2.05, 4.69) is 4.98 Å². The molecule has 2 nitrogen and oxygen atoms in total. The molecule has 1 aliphatic rings. The first kappa shape index (κ1) is 10.8. The van der Waals surface area contributed by atoms with Crippen LogP contribution in [0.1, 0.15) is 36.6 Å². The van der Waals surface area contributed by atoms with Gasteiger partial charge < -0.3 is 10.7 Å². The van der Waals surface area contributed by atoms with Gasteiger partial charge in [-0.15, -0.1) is 0 Å². The summed E-state index contributed by atoms with van der Waals surface area (Å²) in [6.07, 6.45) is 3.67. The highest BCUT2D eigenvalue weighted by Crippen LogP contribution is 2.40. The van der Waals surface area contributed by atoms with Crippen molar-refractivity contribution < 1.29 is 4.39 Å². The van der Waals surface area contributed by atoms with E-state index in [9.17, 15) is 4.39 Å². The minimum Gasteiger partial charge on any atom is -0.356 e. The predicted molar refractivity (Wildman–Crippen MR) is 67.3 cm³/mol. The number of H-pyrrole nitrogens is 1. The molecule has 17 heavy (non-hydrogen) atoms. The van der Waals surface area contributed by atoms with Crippen LogP contribution in [0.3, 0.4) is 0 Å². The van der Waals surface area contributed by atoms with Crippen LogP contribution in [-0.2, 0) is 0 Å². The van der Waals surface area contributed by atoms with Crippen molar-refractivity contribution in [2.75, 3.05) is 0 Å². The van der Waals surface area contributed by atoms with E-state index < -0.39 is 0 Å². The fourth-order valence-electron chi connectivity index (χ4n) is 2.80. The van der Waals surface area contributed by atoms with E-state index in [0.717, 1.165) is 16.6 Å². The zero-order valence-electron chi connectivity index (χ0n) is 9.96. The maximum atomic E-state index is 13.7. The Hall–Kier alpha value is -1.35. The van der Waals surface area contributed by atoms with Crippen molar-refractivity contribution in [1.82, 2.24) is 4.98 Å². The molecule has 0 spiro atoms. The Morgan fingerprint density at radius 3 is 2.82 bits per heavy atom. The molecular weight excluding hydrogens is 215 g/mol. The highest BCUT2D eigenvalue weighted by molar-refractivity contribution is 5.85. The molecule has 1 fully saturated rings. The number of para-hydroxylation sites is 1. The highest BCUT2D eigenvalue weighted by Gasteiger charge is 2.28. The molecule has 0 amide bonds. The molecule has 1 aliphatic carbocycles. The molecule has 1 heterocycles. The van der Waals surface area contributed by atoms with Gasteiger partial charge in [0.1, 0.15) is 5.82 Å². The van der Waals surface area contributed by atoms with E-state index in [1.54, 1.807) is 6.07 Å². The first-order chi connectivity index (χ1) is 8.18. The average Bonchev–Trinajstić information content (AvgIpc) is 2.53. The highest BCUT2D eigenvalue weighted by atomic mass is 19.1. The number of rotatable bonds is 2. The molecule has 1 unspecified atom stereocenters. The second kappa shape index (κ2) is 3.84. The van der Waals surface area contributed by atoms with Gasteiger partial charge in [0.2, 0.25) is 0 Å². The molecule has 2 aromatic rings. The minimum absolute atomic E-state index is 0.0410. The summed E-state index contributed by atoms with van der Waals surface area (Å²) in [6.45, 7) is 1.98. The molecule has 1 aromatic carbocycles. The lowest BCUT2D eigenvalue weighted by atomic mass is 9.77. The van der Waals surface area contributed by atoms with Crippen LogP contribution in [0.25, 0.3) is 10.9 Å². The monoisotopic (exact) mass is 232 g/mol. The van der Waals surface area contributed by atoms with E-state index in [1.165, 1.54) is 25.3 Å². The van der Waals surface area contributed by atoms with Crippen LogP contribution < -0.4 is 5.73 Å². The van der Waals surface area contributed by atoms with Gasteiger partial charge in [0, 0.05) is 17.1 Å². The zero-order valence-corrected chi connectivity index (χ0v) is 9.96. The van der Waals surface area contributed by atoms with E-state index in [0.29, 0.717) is 11.4 Å². The third-order valence-corrected chi connectivity index (χ3v) is 4.01. The van der Waals surface area contributed by atoms with Gasteiger partial charge in [-0.05, 0) is 37.3 Å². The van der Waals surface area contributed by atoms with Crippen LogP contribution in [0.5, 0.6) is 0 Å². The lowest BCUT2D eigenvalue weighted by Crippen LogP contribution is -2.27. The van der Waals surface area contributed by atoms with Gasteiger partial charge in [-0.3, -0.25) is 0 Å². The molecule has 0 radical (unpaired) electrons. The number of fused-ring (bicyclic) bond motifs is 1. The predicted octanol–water partition coefficient (Wildman–Crippen LogP) is 3.42. The SMILES string of the molecule is Cc1[nH]c2c(F)cccc2c1C(N)C1CCC1. The molecule has 90 valence electrons. The lowest BCUT2D eigenvalue weighted by Gasteiger charge is -2.31. The summed E-state index contributed by atoms with van der Waals surface area (Å²) in [5, 5.41) is 0.946. The van der Waals surface area contributed by atoms with E-state index >= 15 is 0 Å². The van der Waals surface area contributed by atoms with Crippen LogP contribution in [0.4, 0.5) is 4.39 Å². The number of benzene rings is 1. The van der Waals surface area contributed by atoms with Gasteiger partial charge in [-0.25, -0.2) is 4.39 Å². The number of aromatic amines is 1.